The van der Waals surface area contributed by atoms with Gasteiger partial charge in [-0.25, -0.2) is 4.68 Å². The number of ether oxygens (including phenoxy) is 2. The summed E-state index contributed by atoms with van der Waals surface area (Å²) in [4.78, 5) is 13.3. The van der Waals surface area contributed by atoms with Crippen molar-refractivity contribution in [3.05, 3.63) is 41.7 Å². The van der Waals surface area contributed by atoms with Crippen LogP contribution in [0.2, 0.25) is 0 Å². The van der Waals surface area contributed by atoms with Crippen molar-refractivity contribution in [1.29, 1.82) is 0 Å². The van der Waals surface area contributed by atoms with Gasteiger partial charge >= 0.3 is 5.97 Å². The summed E-state index contributed by atoms with van der Waals surface area (Å²) in [5, 5.41) is 9.09. The van der Waals surface area contributed by atoms with Crippen molar-refractivity contribution in [2.75, 3.05) is 19.0 Å². The maximum Gasteiger partial charge on any atom is 0.312 e. The van der Waals surface area contributed by atoms with E-state index in [2.05, 4.69) is 32.3 Å². The minimum absolute atomic E-state index is 0.0161. The predicted molar refractivity (Wildman–Crippen MR) is 153 cm³/mol. The third-order valence-corrected chi connectivity index (χ3v) is 11.4. The average molecular weight is 536 g/mol. The van der Waals surface area contributed by atoms with E-state index in [4.69, 9.17) is 26.8 Å². The number of fused-ring (bicyclic) bond motifs is 5. The van der Waals surface area contributed by atoms with E-state index >= 15 is 0 Å². The highest BCUT2D eigenvalue weighted by Gasteiger charge is 2.68. The monoisotopic (exact) mass is 535 g/mol. The van der Waals surface area contributed by atoms with Crippen molar-refractivity contribution in [2.24, 2.45) is 22.7 Å². The number of aromatic nitrogens is 2. The molecule has 7 heteroatoms. The molecule has 3 fully saturated rings. The summed E-state index contributed by atoms with van der Waals surface area (Å²) in [7, 11) is 1.67. The van der Waals surface area contributed by atoms with E-state index in [0.29, 0.717) is 23.6 Å². The molecule has 6 atom stereocenters. The number of carbonyl (C=O) groups excluding carboxylic acids is 1. The fourth-order valence-corrected chi connectivity index (χ4v) is 9.77. The summed E-state index contributed by atoms with van der Waals surface area (Å²) < 4.78 is 12.8. The van der Waals surface area contributed by atoms with E-state index in [1.807, 2.05) is 35.9 Å². The molecule has 1 aromatic heterocycles. The molecule has 1 aromatic carbocycles. The van der Waals surface area contributed by atoms with Crippen molar-refractivity contribution in [2.45, 2.75) is 89.9 Å². The number of hydrogen-bond donors (Lipinski definition) is 1. The number of anilines is 1. The first-order valence-corrected chi connectivity index (χ1v) is 14.7. The Morgan fingerprint density at radius 2 is 1.84 bits per heavy atom. The zero-order chi connectivity index (χ0) is 26.9. The summed E-state index contributed by atoms with van der Waals surface area (Å²) in [5.74, 6) is 1.73. The molecule has 3 saturated carbocycles. The zero-order valence-corrected chi connectivity index (χ0v) is 24.2. The number of carbonyl (C=O) groups is 1. The molecule has 1 spiro atoms. The van der Waals surface area contributed by atoms with Gasteiger partial charge in [-0.15, -0.1) is 0 Å². The second-order valence-corrected chi connectivity index (χ2v) is 13.5. The first-order valence-electron chi connectivity index (χ1n) is 14.3. The molecule has 0 radical (unpaired) electrons. The molecule has 0 aliphatic heterocycles. The Bertz CT molecular complexity index is 1270. The number of methoxy groups -OCH3 is 1. The van der Waals surface area contributed by atoms with E-state index in [-0.39, 0.29) is 27.6 Å². The van der Waals surface area contributed by atoms with Gasteiger partial charge in [0.05, 0.1) is 24.8 Å². The molecule has 1 heterocycles. The van der Waals surface area contributed by atoms with Gasteiger partial charge in [0.25, 0.3) is 0 Å². The van der Waals surface area contributed by atoms with Gasteiger partial charge < -0.3 is 14.8 Å². The largest absolute Gasteiger partial charge is 0.497 e. The molecule has 2 aromatic rings. The van der Waals surface area contributed by atoms with Gasteiger partial charge in [0.1, 0.15) is 5.75 Å². The molecule has 2 unspecified atom stereocenters. The lowest BCUT2D eigenvalue weighted by atomic mass is 9.40. The van der Waals surface area contributed by atoms with Crippen LogP contribution in [0.1, 0.15) is 90.3 Å². The van der Waals surface area contributed by atoms with Crippen LogP contribution < -0.4 is 10.1 Å². The lowest BCUT2D eigenvalue weighted by molar-refractivity contribution is -0.180. The van der Waals surface area contributed by atoms with Crippen LogP contribution in [0.25, 0.3) is 0 Å². The van der Waals surface area contributed by atoms with Crippen LogP contribution in [0, 0.1) is 22.7 Å². The Morgan fingerprint density at radius 3 is 2.55 bits per heavy atom. The highest BCUT2D eigenvalue weighted by Crippen LogP contribution is 2.72. The maximum absolute atomic E-state index is 13.3. The van der Waals surface area contributed by atoms with E-state index in [1.165, 1.54) is 30.5 Å². The normalized spacial score (nSPS) is 37.0. The van der Waals surface area contributed by atoms with Crippen LogP contribution in [-0.2, 0) is 20.4 Å². The Morgan fingerprint density at radius 1 is 1.11 bits per heavy atom. The highest BCUT2D eigenvalue weighted by molar-refractivity contribution is 7.80. The second kappa shape index (κ2) is 8.80. The molecule has 0 saturated heterocycles. The summed E-state index contributed by atoms with van der Waals surface area (Å²) in [6.07, 6.45) is 11.1. The molecular weight excluding hydrogens is 494 g/mol. The maximum atomic E-state index is 13.3. The summed E-state index contributed by atoms with van der Waals surface area (Å²) in [6, 6.07) is 7.80. The van der Waals surface area contributed by atoms with E-state index < -0.39 is 0 Å². The van der Waals surface area contributed by atoms with Gasteiger partial charge in [-0.1, -0.05) is 20.3 Å². The first kappa shape index (κ1) is 25.8. The molecule has 4 aliphatic rings. The molecule has 4 aliphatic carbocycles. The quantitative estimate of drug-likeness (QED) is 0.351. The molecule has 0 amide bonds. The van der Waals surface area contributed by atoms with Gasteiger partial charge in [0.2, 0.25) is 0 Å². The van der Waals surface area contributed by atoms with Crippen LogP contribution in [0.15, 0.2) is 30.5 Å². The topological polar surface area (TPSA) is 65.4 Å². The number of thiocarbonyl (C=S) groups is 1. The molecule has 38 heavy (non-hydrogen) atoms. The van der Waals surface area contributed by atoms with E-state index in [0.717, 1.165) is 43.5 Å². The number of esters is 1. The van der Waals surface area contributed by atoms with E-state index in [9.17, 15) is 4.79 Å². The van der Waals surface area contributed by atoms with Crippen molar-refractivity contribution >= 4 is 29.0 Å². The Balaban J connectivity index is 1.34. The smallest absolute Gasteiger partial charge is 0.312 e. The van der Waals surface area contributed by atoms with Crippen molar-refractivity contribution in [3.63, 3.8) is 0 Å². The fraction of sp³-hybridized carbons (Fsp3) is 0.645. The molecular formula is C31H41N3O3S. The number of benzene rings is 1. The van der Waals surface area contributed by atoms with Gasteiger partial charge in [-0.3, -0.25) is 4.79 Å². The number of nitrogens with zero attached hydrogens (tertiary/aromatic N) is 2. The van der Waals surface area contributed by atoms with Crippen LogP contribution >= 0.6 is 12.2 Å². The molecule has 2 bridgehead atoms. The van der Waals surface area contributed by atoms with Crippen LogP contribution in [-0.4, -0.2) is 34.6 Å². The molecule has 1 N–H and O–H groups in total. The molecule has 6 nitrogen and oxygen atoms in total. The van der Waals surface area contributed by atoms with Gasteiger partial charge in [-0.05, 0) is 113 Å². The van der Waals surface area contributed by atoms with Gasteiger partial charge in [0, 0.05) is 28.3 Å². The summed E-state index contributed by atoms with van der Waals surface area (Å²) >= 11 is 5.83. The van der Waals surface area contributed by atoms with Crippen LogP contribution in [0.3, 0.4) is 0 Å². The fourth-order valence-electron chi connectivity index (χ4n) is 9.55. The van der Waals surface area contributed by atoms with E-state index in [1.54, 1.807) is 7.11 Å². The molecule has 204 valence electrons. The van der Waals surface area contributed by atoms with Crippen LogP contribution in [0.5, 0.6) is 5.75 Å². The third kappa shape index (κ3) is 3.53. The van der Waals surface area contributed by atoms with Crippen LogP contribution in [0.4, 0.5) is 5.69 Å². The summed E-state index contributed by atoms with van der Waals surface area (Å²) in [6.45, 7) is 9.48. The average Bonchev–Trinajstić information content (AvgIpc) is 3.42. The lowest BCUT2D eigenvalue weighted by Gasteiger charge is -2.64. The summed E-state index contributed by atoms with van der Waals surface area (Å²) in [5.41, 5.74) is 3.48. The highest BCUT2D eigenvalue weighted by atomic mass is 32.1. The van der Waals surface area contributed by atoms with Crippen molar-refractivity contribution in [1.82, 2.24) is 9.78 Å². The Kier molecular flexibility index (Phi) is 5.99. The predicted octanol–water partition coefficient (Wildman–Crippen LogP) is 6.62. The number of rotatable bonds is 4. The zero-order valence-electron chi connectivity index (χ0n) is 23.4. The lowest BCUT2D eigenvalue weighted by Crippen LogP contribution is -2.60. The minimum atomic E-state index is -0.388. The second-order valence-electron chi connectivity index (χ2n) is 13.1. The molecule has 6 rings (SSSR count). The standard InChI is InChI=1S/C31H41N3O3S/c1-6-37-26(35)30(4)15-7-14-29(3)23(30)13-17-31-19-28(2,16-12-24(29)31)25-22(31)18-34(33-25)27(38)32-20-8-10-21(36-5)11-9-20/h8-11,18,23-24H,6-7,12-17,19H2,1-5H3,(H,32,38)/t23?,24?,28-,29+,30+,31+/m0/s1. The number of hydrogen-bond acceptors (Lipinski definition) is 5. The first-order chi connectivity index (χ1) is 18.1. The van der Waals surface area contributed by atoms with Gasteiger partial charge in [-0.2, -0.15) is 5.10 Å². The van der Waals surface area contributed by atoms with Crippen molar-refractivity contribution < 1.29 is 14.3 Å². The minimum Gasteiger partial charge on any atom is -0.497 e. The van der Waals surface area contributed by atoms with Gasteiger partial charge in [0.15, 0.2) is 5.11 Å². The third-order valence-electron chi connectivity index (χ3n) is 11.1. The number of nitrogens with one attached hydrogen (secondary N) is 1. The van der Waals surface area contributed by atoms with Crippen molar-refractivity contribution in [3.8, 4) is 5.75 Å². The Hall–Kier alpha value is -2.41. The SMILES string of the molecule is CCOC(=O)[C@]1(C)CCC[C@@]2(C)C3CC[C@@]4(C)C[C@]3(CCC21)c1cn(C(=S)Nc2ccc(OC)cc2)nc14. The Labute approximate surface area is 231 Å².